The number of aliphatic hydroxyl groups excluding tert-OH is 9. The number of hydrogen-bond donors (Lipinski definition) is 14. The van der Waals surface area contributed by atoms with E-state index in [4.69, 9.17) is 33.2 Å². The van der Waals surface area contributed by atoms with E-state index >= 15 is 0 Å². The third-order valence-electron chi connectivity index (χ3n) is 13.1. The molecule has 0 spiro atoms. The summed E-state index contributed by atoms with van der Waals surface area (Å²) in [4.78, 5) is 50.5. The molecule has 4 heterocycles. The quantitative estimate of drug-likeness (QED) is 0.0192. The molecule has 4 amide bonds. The molecule has 4 aliphatic rings. The standard InChI is InChI=1S/C46H80N4O24S/c1-5-6-7-8-9-10-11-12-13-14-15-16-17-18-30(57)50-32-36(59)35(58)26(19-51)69-44(32)72-40-27(20-52)70-45(33(38(40)61)48-24(3)55)73-41-28(21-53)71-46(34(39(41)62)49-25(4)56)74-42-29(22-67-75(64,65)66)68-43(63)31(37(42)60)47-23(2)54/h10-11,26-29,31-46,51-53,58-63H,5-9,12-22H2,1-4H3,(H,47,54)(H,48,55)(H,49,56)(H,50,57)(H,64,65,66)/b11-10-/t26?,27?,28?,29?,31?,32?,33?,34?,35-,36-,37-,38-,39-,40-,41-,42-,43-,44+,45+,46+/m1/s1. The summed E-state index contributed by atoms with van der Waals surface area (Å²) < 4.78 is 77.9. The fraction of sp³-hybridized carbons (Fsp3) is 0.870. The minimum absolute atomic E-state index is 0.0269. The third-order valence-corrected chi connectivity index (χ3v) is 13.6. The first-order valence-corrected chi connectivity index (χ1v) is 26.8. The second-order valence-corrected chi connectivity index (χ2v) is 20.2. The Morgan fingerprint density at radius 1 is 0.507 bits per heavy atom. The predicted octanol–water partition coefficient (Wildman–Crippen LogP) is -4.11. The molecule has 4 aliphatic heterocycles. The largest absolute Gasteiger partial charge is 0.397 e. The predicted molar refractivity (Wildman–Crippen MR) is 255 cm³/mol. The molecule has 75 heavy (non-hydrogen) atoms. The number of hydrogen-bond acceptors (Lipinski definition) is 23. The maximum atomic E-state index is 13.3. The zero-order chi connectivity index (χ0) is 55.6. The molecule has 4 rings (SSSR count). The van der Waals surface area contributed by atoms with Crippen LogP contribution in [0, 0.1) is 0 Å². The normalized spacial score (nSPS) is 36.5. The number of rotatable bonds is 29. The van der Waals surface area contributed by atoms with E-state index in [1.165, 1.54) is 25.7 Å². The van der Waals surface area contributed by atoms with Crippen molar-refractivity contribution < 1.29 is 115 Å². The molecule has 28 nitrogen and oxygen atoms in total. The van der Waals surface area contributed by atoms with Crippen LogP contribution in [0.2, 0.25) is 0 Å². The highest BCUT2D eigenvalue weighted by molar-refractivity contribution is 7.80. The van der Waals surface area contributed by atoms with Crippen LogP contribution < -0.4 is 21.3 Å². The van der Waals surface area contributed by atoms with Gasteiger partial charge in [-0.15, -0.1) is 0 Å². The summed E-state index contributed by atoms with van der Waals surface area (Å²) in [5, 5.41) is 109. The van der Waals surface area contributed by atoms with Gasteiger partial charge in [0.1, 0.15) is 97.4 Å². The topological polar surface area (TPSA) is 427 Å². The van der Waals surface area contributed by atoms with E-state index in [1.807, 2.05) is 0 Å². The van der Waals surface area contributed by atoms with Crippen LogP contribution in [-0.2, 0) is 66.9 Å². The summed E-state index contributed by atoms with van der Waals surface area (Å²) in [5.41, 5.74) is 0. The molecule has 29 heteroatoms. The van der Waals surface area contributed by atoms with Gasteiger partial charge in [0.2, 0.25) is 23.6 Å². The Kier molecular flexibility index (Phi) is 27.0. The van der Waals surface area contributed by atoms with Crippen molar-refractivity contribution in [2.24, 2.45) is 0 Å². The maximum absolute atomic E-state index is 13.3. The van der Waals surface area contributed by atoms with Crippen LogP contribution in [0.25, 0.3) is 0 Å². The molecular formula is C46H80N4O24S. The monoisotopic (exact) mass is 1100 g/mol. The van der Waals surface area contributed by atoms with Crippen LogP contribution in [0.15, 0.2) is 12.2 Å². The molecule has 4 saturated heterocycles. The molecule has 0 aliphatic carbocycles. The van der Waals surface area contributed by atoms with Gasteiger partial charge in [-0.05, 0) is 32.1 Å². The molecule has 0 radical (unpaired) electrons. The Balaban J connectivity index is 1.50. The third kappa shape index (κ3) is 19.3. The van der Waals surface area contributed by atoms with Gasteiger partial charge in [0.05, 0.1) is 26.4 Å². The molecule has 0 aromatic carbocycles. The van der Waals surface area contributed by atoms with E-state index in [9.17, 15) is 78.1 Å². The highest BCUT2D eigenvalue weighted by Crippen LogP contribution is 2.35. The number of carbonyl (C=O) groups is 4. The van der Waals surface area contributed by atoms with Gasteiger partial charge >= 0.3 is 10.4 Å². The van der Waals surface area contributed by atoms with Crippen LogP contribution in [0.4, 0.5) is 0 Å². The fourth-order valence-electron chi connectivity index (χ4n) is 9.34. The number of nitrogens with one attached hydrogen (secondary N) is 4. The van der Waals surface area contributed by atoms with E-state index in [0.29, 0.717) is 6.42 Å². The molecule has 8 unspecified atom stereocenters. The second-order valence-electron chi connectivity index (χ2n) is 19.1. The zero-order valence-corrected chi connectivity index (χ0v) is 43.4. The van der Waals surface area contributed by atoms with Crippen LogP contribution in [0.3, 0.4) is 0 Å². The number of unbranched alkanes of at least 4 members (excludes halogenated alkanes) is 9. The summed E-state index contributed by atoms with van der Waals surface area (Å²) in [6.07, 6.45) is -13.5. The molecule has 20 atom stereocenters. The minimum atomic E-state index is -5.15. The first-order valence-electron chi connectivity index (χ1n) is 25.4. The lowest BCUT2D eigenvalue weighted by Gasteiger charge is -2.51. The Morgan fingerprint density at radius 2 is 0.907 bits per heavy atom. The van der Waals surface area contributed by atoms with Crippen LogP contribution in [0.5, 0.6) is 0 Å². The lowest BCUT2D eigenvalue weighted by atomic mass is 9.93. The van der Waals surface area contributed by atoms with Crippen molar-refractivity contribution in [3.63, 3.8) is 0 Å². The lowest BCUT2D eigenvalue weighted by Crippen LogP contribution is -2.71. The molecule has 0 aromatic heterocycles. The highest BCUT2D eigenvalue weighted by atomic mass is 32.3. The fourth-order valence-corrected chi connectivity index (χ4v) is 9.64. The van der Waals surface area contributed by atoms with Crippen molar-refractivity contribution in [3.8, 4) is 0 Å². The zero-order valence-electron chi connectivity index (χ0n) is 42.6. The number of allylic oxidation sites excluding steroid dienone is 2. The van der Waals surface area contributed by atoms with Gasteiger partial charge in [0.25, 0.3) is 0 Å². The average molecular weight is 1110 g/mol. The van der Waals surface area contributed by atoms with E-state index in [-0.39, 0.29) is 6.42 Å². The van der Waals surface area contributed by atoms with Gasteiger partial charge < -0.3 is 100 Å². The SMILES string of the molecule is CCCCCC/C=C\CCCCCCCC(=O)NC1[C@H](O[C@@H]2C(CO)O[C@@H](O[C@@H]3C(CO)O[C@@H](O[C@@H]4C(COS(=O)(=O)O)O[C@@H](O)C(NC(C)=O)[C@H]4O)C(NC(C)=O)[C@H]3O)C(NC(C)=O)[C@H]2O)OC(CO)[C@@H](O)[C@@H]1O. The van der Waals surface area contributed by atoms with E-state index < -0.39 is 183 Å². The van der Waals surface area contributed by atoms with Crippen LogP contribution >= 0.6 is 0 Å². The van der Waals surface area contributed by atoms with E-state index in [0.717, 1.165) is 59.3 Å². The van der Waals surface area contributed by atoms with Gasteiger partial charge in [-0.1, -0.05) is 57.6 Å². The number of aliphatic hydroxyl groups is 9. The van der Waals surface area contributed by atoms with E-state index in [2.05, 4.69) is 44.5 Å². The molecular weight excluding hydrogens is 1020 g/mol. The lowest BCUT2D eigenvalue weighted by molar-refractivity contribution is -0.361. The Bertz CT molecular complexity index is 1910. The van der Waals surface area contributed by atoms with Gasteiger partial charge in [0.15, 0.2) is 25.2 Å². The summed E-state index contributed by atoms with van der Waals surface area (Å²) >= 11 is 0. The summed E-state index contributed by atoms with van der Waals surface area (Å²) in [7, 11) is -5.15. The van der Waals surface area contributed by atoms with Crippen LogP contribution in [0.1, 0.15) is 105 Å². The van der Waals surface area contributed by atoms with Gasteiger partial charge in [-0.25, -0.2) is 4.18 Å². The average Bonchev–Trinajstić information content (AvgIpc) is 3.34. The molecule has 14 N–H and O–H groups in total. The van der Waals surface area contributed by atoms with Gasteiger partial charge in [-0.2, -0.15) is 8.42 Å². The molecule has 0 aromatic rings. The number of amides is 4. The van der Waals surface area contributed by atoms with Gasteiger partial charge in [-0.3, -0.25) is 23.7 Å². The number of ether oxygens (including phenoxy) is 7. The van der Waals surface area contributed by atoms with Crippen molar-refractivity contribution >= 4 is 34.0 Å². The van der Waals surface area contributed by atoms with Crippen LogP contribution in [-0.4, -0.2) is 232 Å². The minimum Gasteiger partial charge on any atom is -0.394 e. The van der Waals surface area contributed by atoms with Crippen molar-refractivity contribution in [1.29, 1.82) is 0 Å². The first-order chi connectivity index (χ1) is 35.5. The van der Waals surface area contributed by atoms with Crippen molar-refractivity contribution in [2.45, 2.75) is 227 Å². The Hall–Kier alpha value is -3.15. The smallest absolute Gasteiger partial charge is 0.394 e. The second kappa shape index (κ2) is 31.4. The Morgan fingerprint density at radius 3 is 1.36 bits per heavy atom. The molecule has 0 bridgehead atoms. The molecule has 0 saturated carbocycles. The first kappa shape index (κ1) is 64.4. The summed E-state index contributed by atoms with van der Waals surface area (Å²) in [6, 6.07) is -6.58. The summed E-state index contributed by atoms with van der Waals surface area (Å²) in [5.74, 6) is -2.91. The molecule has 434 valence electrons. The molecule has 4 fully saturated rings. The van der Waals surface area contributed by atoms with Crippen molar-refractivity contribution in [1.82, 2.24) is 21.3 Å². The highest BCUT2D eigenvalue weighted by Gasteiger charge is 2.56. The van der Waals surface area contributed by atoms with Crippen molar-refractivity contribution in [2.75, 3.05) is 26.4 Å². The van der Waals surface area contributed by atoms with Crippen molar-refractivity contribution in [3.05, 3.63) is 12.2 Å². The Labute approximate surface area is 435 Å². The maximum Gasteiger partial charge on any atom is 0.397 e. The van der Waals surface area contributed by atoms with E-state index in [1.54, 1.807) is 0 Å². The van der Waals surface area contributed by atoms with Gasteiger partial charge in [0, 0.05) is 27.2 Å². The summed E-state index contributed by atoms with van der Waals surface area (Å²) in [6.45, 7) is 1.40. The number of carbonyl (C=O) groups excluding carboxylic acids is 4.